The zero-order valence-electron chi connectivity index (χ0n) is 9.59. The molecule has 0 aromatic carbocycles. The summed E-state index contributed by atoms with van der Waals surface area (Å²) in [5, 5.41) is 0. The number of allylic oxidation sites excluding steroid dienone is 2. The van der Waals surface area contributed by atoms with E-state index < -0.39 is 0 Å². The minimum Gasteiger partial charge on any atom is -0.384 e. The highest BCUT2D eigenvalue weighted by Crippen LogP contribution is 1.80. The van der Waals surface area contributed by atoms with E-state index in [2.05, 4.69) is 25.8 Å². The van der Waals surface area contributed by atoms with Gasteiger partial charge in [-0.2, -0.15) is 0 Å². The van der Waals surface area contributed by atoms with E-state index in [4.69, 9.17) is 0 Å². The van der Waals surface area contributed by atoms with Crippen molar-refractivity contribution in [3.63, 3.8) is 0 Å². The van der Waals surface area contributed by atoms with Gasteiger partial charge in [0.1, 0.15) is 0 Å². The zero-order chi connectivity index (χ0) is 10.4. The first kappa shape index (κ1) is 17.4. The molecule has 0 saturated carbocycles. The van der Waals surface area contributed by atoms with Crippen LogP contribution in [0.5, 0.6) is 0 Å². The molecule has 0 saturated heterocycles. The molecule has 0 N–H and O–H groups in total. The van der Waals surface area contributed by atoms with Crippen LogP contribution in [0.15, 0.2) is 24.9 Å². The molecule has 0 aliphatic carbocycles. The van der Waals surface area contributed by atoms with Crippen LogP contribution in [0, 0.1) is 0 Å². The second-order valence-electron chi connectivity index (χ2n) is 2.16. The number of nitrogens with zero attached hydrogens (tertiary/aromatic N) is 1. The van der Waals surface area contributed by atoms with Gasteiger partial charge >= 0.3 is 0 Å². The SMILES string of the molecule is C=CC.CC.CC/C=C\N(C)C. The van der Waals surface area contributed by atoms with Crippen molar-refractivity contribution < 1.29 is 0 Å². The third-order valence-electron chi connectivity index (χ3n) is 0.639. The van der Waals surface area contributed by atoms with Crippen LogP contribution in [0.4, 0.5) is 0 Å². The molecule has 0 spiro atoms. The van der Waals surface area contributed by atoms with Crippen molar-refractivity contribution >= 4 is 0 Å². The van der Waals surface area contributed by atoms with E-state index in [1.54, 1.807) is 6.08 Å². The number of hydrogen-bond donors (Lipinski definition) is 0. The lowest BCUT2D eigenvalue weighted by atomic mass is 10.5. The molecule has 0 unspecified atom stereocenters. The molecule has 0 atom stereocenters. The molecule has 0 aromatic heterocycles. The maximum absolute atomic E-state index is 3.36. The molecule has 12 heavy (non-hydrogen) atoms. The quantitative estimate of drug-likeness (QED) is 0.573. The van der Waals surface area contributed by atoms with E-state index in [1.807, 2.05) is 39.8 Å². The summed E-state index contributed by atoms with van der Waals surface area (Å²) in [7, 11) is 4.04. The molecular weight excluding hydrogens is 146 g/mol. The van der Waals surface area contributed by atoms with Gasteiger partial charge < -0.3 is 4.90 Å². The summed E-state index contributed by atoms with van der Waals surface area (Å²) in [6.45, 7) is 11.4. The summed E-state index contributed by atoms with van der Waals surface area (Å²) >= 11 is 0. The highest BCUT2D eigenvalue weighted by Gasteiger charge is 1.69. The molecule has 1 nitrogen and oxygen atoms in total. The van der Waals surface area contributed by atoms with Crippen molar-refractivity contribution in [2.45, 2.75) is 34.1 Å². The van der Waals surface area contributed by atoms with Crippen LogP contribution < -0.4 is 0 Å². The maximum atomic E-state index is 3.36. The van der Waals surface area contributed by atoms with Gasteiger partial charge in [0.2, 0.25) is 0 Å². The second-order valence-corrected chi connectivity index (χ2v) is 2.16. The van der Waals surface area contributed by atoms with Gasteiger partial charge in [0, 0.05) is 14.1 Å². The van der Waals surface area contributed by atoms with Crippen LogP contribution in [0.2, 0.25) is 0 Å². The Balaban J connectivity index is -0.000000137. The largest absolute Gasteiger partial charge is 0.384 e. The molecule has 0 bridgehead atoms. The van der Waals surface area contributed by atoms with Crippen LogP contribution in [-0.4, -0.2) is 19.0 Å². The van der Waals surface area contributed by atoms with Gasteiger partial charge in [-0.3, -0.25) is 0 Å². The van der Waals surface area contributed by atoms with Crippen LogP contribution in [-0.2, 0) is 0 Å². The number of hydrogen-bond acceptors (Lipinski definition) is 1. The molecule has 0 fully saturated rings. The molecule has 0 aliphatic rings. The monoisotopic (exact) mass is 171 g/mol. The molecule has 0 aliphatic heterocycles. The van der Waals surface area contributed by atoms with Crippen molar-refractivity contribution in [1.29, 1.82) is 0 Å². The van der Waals surface area contributed by atoms with E-state index >= 15 is 0 Å². The fourth-order valence-electron chi connectivity index (χ4n) is 0.316. The van der Waals surface area contributed by atoms with Gasteiger partial charge in [0.15, 0.2) is 0 Å². The van der Waals surface area contributed by atoms with Crippen molar-refractivity contribution in [1.82, 2.24) is 4.90 Å². The Kier molecular flexibility index (Phi) is 32.5. The van der Waals surface area contributed by atoms with E-state index in [1.165, 1.54) is 0 Å². The third kappa shape index (κ3) is 59.1. The normalized spacial score (nSPS) is 7.50. The van der Waals surface area contributed by atoms with Gasteiger partial charge in [0.25, 0.3) is 0 Å². The summed E-state index contributed by atoms with van der Waals surface area (Å²) in [5.41, 5.74) is 0. The van der Waals surface area contributed by atoms with E-state index in [0.717, 1.165) is 6.42 Å². The van der Waals surface area contributed by atoms with E-state index in [-0.39, 0.29) is 0 Å². The van der Waals surface area contributed by atoms with Crippen LogP contribution in [0.25, 0.3) is 0 Å². The lowest BCUT2D eigenvalue weighted by Crippen LogP contribution is -1.99. The van der Waals surface area contributed by atoms with Crippen molar-refractivity contribution in [2.75, 3.05) is 14.1 Å². The summed E-state index contributed by atoms with van der Waals surface area (Å²) in [6, 6.07) is 0. The average Bonchev–Trinajstić information content (AvgIpc) is 2.06. The number of rotatable bonds is 2. The molecule has 74 valence electrons. The Bertz CT molecular complexity index is 83.0. The minimum absolute atomic E-state index is 1.12. The first-order valence-corrected chi connectivity index (χ1v) is 4.59. The summed E-state index contributed by atoms with van der Waals surface area (Å²) in [4.78, 5) is 2.03. The maximum Gasteiger partial charge on any atom is 0.00555 e. The topological polar surface area (TPSA) is 3.24 Å². The highest BCUT2D eigenvalue weighted by molar-refractivity contribution is 4.76. The van der Waals surface area contributed by atoms with Crippen molar-refractivity contribution in [2.24, 2.45) is 0 Å². The van der Waals surface area contributed by atoms with E-state index in [9.17, 15) is 0 Å². The third-order valence-corrected chi connectivity index (χ3v) is 0.639. The zero-order valence-corrected chi connectivity index (χ0v) is 9.59. The Hall–Kier alpha value is -0.720. The van der Waals surface area contributed by atoms with Crippen LogP contribution in [0.1, 0.15) is 34.1 Å². The molecule has 1 heteroatoms. The predicted octanol–water partition coefficient (Wildman–Crippen LogP) is 3.69. The minimum atomic E-state index is 1.12. The molecule has 0 rings (SSSR count). The lowest BCUT2D eigenvalue weighted by Gasteiger charge is -2.00. The fourth-order valence-corrected chi connectivity index (χ4v) is 0.316. The molecule has 0 heterocycles. The lowest BCUT2D eigenvalue weighted by molar-refractivity contribution is 0.561. The van der Waals surface area contributed by atoms with Gasteiger partial charge in [-0.1, -0.05) is 32.9 Å². The van der Waals surface area contributed by atoms with Gasteiger partial charge in [-0.25, -0.2) is 0 Å². The standard InChI is InChI=1S/C6H13N.C3H6.C2H6/c1-4-5-6-7(2)3;1-3-2;1-2/h5-6H,4H2,1-3H3;3H,1H2,2H3;1-2H3/b6-5-;;. The predicted molar refractivity (Wildman–Crippen MR) is 60.3 cm³/mol. The summed E-state index contributed by atoms with van der Waals surface area (Å²) in [5.74, 6) is 0. The van der Waals surface area contributed by atoms with E-state index in [0.29, 0.717) is 0 Å². The Labute approximate surface area is 78.8 Å². The Morgan fingerprint density at radius 3 is 1.67 bits per heavy atom. The summed E-state index contributed by atoms with van der Waals surface area (Å²) in [6.07, 6.45) is 7.05. The molecule has 0 amide bonds. The average molecular weight is 171 g/mol. The second kappa shape index (κ2) is 22.4. The van der Waals surface area contributed by atoms with Gasteiger partial charge in [-0.15, -0.1) is 6.58 Å². The molecule has 0 radical (unpaired) electrons. The van der Waals surface area contributed by atoms with Crippen molar-refractivity contribution in [3.8, 4) is 0 Å². The summed E-state index contributed by atoms with van der Waals surface area (Å²) < 4.78 is 0. The fraction of sp³-hybridized carbons (Fsp3) is 0.636. The first-order valence-electron chi connectivity index (χ1n) is 4.59. The highest BCUT2D eigenvalue weighted by atomic mass is 15.0. The van der Waals surface area contributed by atoms with Gasteiger partial charge in [0.05, 0.1) is 0 Å². The smallest absolute Gasteiger partial charge is 0.00555 e. The Morgan fingerprint density at radius 2 is 1.58 bits per heavy atom. The van der Waals surface area contributed by atoms with Crippen LogP contribution >= 0.6 is 0 Å². The van der Waals surface area contributed by atoms with Crippen molar-refractivity contribution in [3.05, 3.63) is 24.9 Å². The van der Waals surface area contributed by atoms with Crippen LogP contribution in [0.3, 0.4) is 0 Å². The Morgan fingerprint density at radius 1 is 1.25 bits per heavy atom. The first-order chi connectivity index (χ1) is 5.68. The molecular formula is C11H25N. The van der Waals surface area contributed by atoms with Gasteiger partial charge in [-0.05, 0) is 19.5 Å². The molecule has 0 aromatic rings.